The number of carbonyl (C=O) groups is 2. The Hall–Kier alpha value is -1.60. The molecule has 7 nitrogen and oxygen atoms in total. The van der Waals surface area contributed by atoms with Crippen molar-refractivity contribution in [2.75, 3.05) is 13.1 Å². The second-order valence-electron chi connectivity index (χ2n) is 4.72. The minimum atomic E-state index is -0.958. The number of aryl methyl sites for hydroxylation is 2. The lowest BCUT2D eigenvalue weighted by Gasteiger charge is -2.32. The summed E-state index contributed by atoms with van der Waals surface area (Å²) in [4.78, 5) is 24.3. The van der Waals surface area contributed by atoms with E-state index in [1.54, 1.807) is 16.5 Å². The van der Waals surface area contributed by atoms with E-state index in [9.17, 15) is 14.7 Å². The molecule has 2 N–H and O–H groups in total. The quantitative estimate of drug-likeness (QED) is 0.832. The summed E-state index contributed by atoms with van der Waals surface area (Å²) in [6.07, 6.45) is 0. The maximum absolute atomic E-state index is 11.5. The van der Waals surface area contributed by atoms with Crippen LogP contribution in [0.1, 0.15) is 18.3 Å². The van der Waals surface area contributed by atoms with E-state index in [1.165, 1.54) is 0 Å². The van der Waals surface area contributed by atoms with Gasteiger partial charge in [-0.05, 0) is 13.8 Å². The van der Waals surface area contributed by atoms with Crippen LogP contribution in [0.2, 0.25) is 5.02 Å². The summed E-state index contributed by atoms with van der Waals surface area (Å²) >= 11 is 6.22. The minimum absolute atomic E-state index is 0.0429. The minimum Gasteiger partial charge on any atom is -0.480 e. The van der Waals surface area contributed by atoms with Crippen LogP contribution in [0.5, 0.6) is 0 Å². The average molecular weight is 301 g/mol. The molecule has 1 saturated heterocycles. The van der Waals surface area contributed by atoms with Gasteiger partial charge >= 0.3 is 5.97 Å². The topological polar surface area (TPSA) is 87.5 Å². The highest BCUT2D eigenvalue weighted by Crippen LogP contribution is 2.23. The Kier molecular flexibility index (Phi) is 4.29. The molecule has 1 aromatic rings. The maximum Gasteiger partial charge on any atom is 0.322 e. The van der Waals surface area contributed by atoms with E-state index in [1.807, 2.05) is 6.92 Å². The number of nitrogens with one attached hydrogen (secondary N) is 1. The summed E-state index contributed by atoms with van der Waals surface area (Å²) in [6, 6.07) is -0.746. The van der Waals surface area contributed by atoms with Crippen molar-refractivity contribution in [3.63, 3.8) is 0 Å². The SMILES string of the molecule is CCn1nc(C)c(Cl)c1CN1CC(=O)NCC1C(=O)O. The molecule has 1 fully saturated rings. The van der Waals surface area contributed by atoms with E-state index < -0.39 is 12.0 Å². The van der Waals surface area contributed by atoms with Crippen LogP contribution in [0.4, 0.5) is 0 Å². The number of halogens is 1. The first kappa shape index (κ1) is 14.8. The Labute approximate surface area is 121 Å². The van der Waals surface area contributed by atoms with Gasteiger partial charge in [0.05, 0.1) is 23.0 Å². The molecule has 0 aliphatic carbocycles. The van der Waals surface area contributed by atoms with E-state index in [2.05, 4.69) is 10.4 Å². The molecule has 1 aliphatic heterocycles. The third-order valence-corrected chi connectivity index (χ3v) is 3.86. The van der Waals surface area contributed by atoms with Crippen LogP contribution in [0, 0.1) is 6.92 Å². The molecule has 0 saturated carbocycles. The van der Waals surface area contributed by atoms with E-state index in [-0.39, 0.29) is 25.5 Å². The molecule has 1 aromatic heterocycles. The molecule has 110 valence electrons. The van der Waals surface area contributed by atoms with Crippen molar-refractivity contribution in [3.8, 4) is 0 Å². The van der Waals surface area contributed by atoms with E-state index in [0.29, 0.717) is 17.3 Å². The predicted octanol–water partition coefficient (Wildman–Crippen LogP) is 0.250. The number of carboxylic acids is 1. The van der Waals surface area contributed by atoms with Gasteiger partial charge in [0.25, 0.3) is 0 Å². The molecule has 0 aromatic carbocycles. The molecule has 1 atom stereocenters. The van der Waals surface area contributed by atoms with Crippen LogP contribution < -0.4 is 5.32 Å². The van der Waals surface area contributed by atoms with Gasteiger partial charge in [-0.15, -0.1) is 0 Å². The predicted molar refractivity (Wildman–Crippen MR) is 72.5 cm³/mol. The van der Waals surface area contributed by atoms with Crippen molar-refractivity contribution in [2.24, 2.45) is 0 Å². The van der Waals surface area contributed by atoms with Crippen molar-refractivity contribution in [2.45, 2.75) is 33.0 Å². The number of carbonyl (C=O) groups excluding carboxylic acids is 1. The van der Waals surface area contributed by atoms with Crippen LogP contribution in [-0.4, -0.2) is 50.8 Å². The van der Waals surface area contributed by atoms with Crippen LogP contribution in [0.15, 0.2) is 0 Å². The van der Waals surface area contributed by atoms with Crippen LogP contribution >= 0.6 is 11.6 Å². The molecular weight excluding hydrogens is 284 g/mol. The molecule has 8 heteroatoms. The van der Waals surface area contributed by atoms with Crippen molar-refractivity contribution in [3.05, 3.63) is 16.4 Å². The van der Waals surface area contributed by atoms with Gasteiger partial charge in [-0.1, -0.05) is 11.6 Å². The van der Waals surface area contributed by atoms with Gasteiger partial charge in [0, 0.05) is 19.6 Å². The Morgan fingerprint density at radius 3 is 2.90 bits per heavy atom. The van der Waals surface area contributed by atoms with E-state index in [4.69, 9.17) is 11.6 Å². The summed E-state index contributed by atoms with van der Waals surface area (Å²) in [5, 5.41) is 16.6. The summed E-state index contributed by atoms with van der Waals surface area (Å²) in [5.41, 5.74) is 1.45. The fourth-order valence-corrected chi connectivity index (χ4v) is 2.51. The molecular formula is C12H17ClN4O3. The molecule has 0 spiro atoms. The lowest BCUT2D eigenvalue weighted by molar-refractivity contribution is -0.146. The summed E-state index contributed by atoms with van der Waals surface area (Å²) in [5.74, 6) is -1.14. The number of nitrogens with zero attached hydrogens (tertiary/aromatic N) is 3. The first-order valence-corrected chi connectivity index (χ1v) is 6.77. The maximum atomic E-state index is 11.5. The molecule has 0 bridgehead atoms. The number of hydrogen-bond acceptors (Lipinski definition) is 4. The zero-order valence-electron chi connectivity index (χ0n) is 11.4. The van der Waals surface area contributed by atoms with Crippen LogP contribution in [0.3, 0.4) is 0 Å². The van der Waals surface area contributed by atoms with E-state index >= 15 is 0 Å². The molecule has 1 aliphatic rings. The molecule has 2 heterocycles. The zero-order chi connectivity index (χ0) is 14.9. The molecule has 20 heavy (non-hydrogen) atoms. The Morgan fingerprint density at radius 2 is 2.30 bits per heavy atom. The number of carboxylic acid groups (broad SMARTS) is 1. The van der Waals surface area contributed by atoms with Crippen molar-refractivity contribution < 1.29 is 14.7 Å². The fourth-order valence-electron chi connectivity index (χ4n) is 2.31. The lowest BCUT2D eigenvalue weighted by Crippen LogP contribution is -2.57. The Balaban J connectivity index is 2.26. The number of amides is 1. The second kappa shape index (κ2) is 5.80. The van der Waals surface area contributed by atoms with Gasteiger partial charge in [-0.2, -0.15) is 5.10 Å². The molecule has 0 radical (unpaired) electrons. The fraction of sp³-hybridized carbons (Fsp3) is 0.583. The molecule has 1 amide bonds. The van der Waals surface area contributed by atoms with Gasteiger partial charge in [-0.3, -0.25) is 19.2 Å². The standard InChI is InChI=1S/C12H17ClN4O3/c1-3-17-9(11(13)7(2)15-17)5-16-6-10(18)14-4-8(16)12(19)20/h8H,3-6H2,1-2H3,(H,14,18)(H,19,20). The van der Waals surface area contributed by atoms with Gasteiger partial charge in [0.15, 0.2) is 0 Å². The summed E-state index contributed by atoms with van der Waals surface area (Å²) < 4.78 is 1.74. The Morgan fingerprint density at radius 1 is 1.60 bits per heavy atom. The normalized spacial score (nSPS) is 19.9. The number of hydrogen-bond donors (Lipinski definition) is 2. The third-order valence-electron chi connectivity index (χ3n) is 3.37. The number of rotatable bonds is 4. The largest absolute Gasteiger partial charge is 0.480 e. The first-order valence-electron chi connectivity index (χ1n) is 6.39. The number of piperazine rings is 1. The van der Waals surface area contributed by atoms with Crippen molar-refractivity contribution >= 4 is 23.5 Å². The Bertz CT molecular complexity index is 543. The lowest BCUT2D eigenvalue weighted by atomic mass is 10.1. The van der Waals surface area contributed by atoms with Crippen molar-refractivity contribution in [1.29, 1.82) is 0 Å². The van der Waals surface area contributed by atoms with Crippen LogP contribution in [0.25, 0.3) is 0 Å². The zero-order valence-corrected chi connectivity index (χ0v) is 12.1. The average Bonchev–Trinajstić information content (AvgIpc) is 2.66. The van der Waals surface area contributed by atoms with Gasteiger partial charge < -0.3 is 10.4 Å². The third kappa shape index (κ3) is 2.78. The monoisotopic (exact) mass is 300 g/mol. The second-order valence-corrected chi connectivity index (χ2v) is 5.10. The van der Waals surface area contributed by atoms with Crippen LogP contribution in [-0.2, 0) is 22.7 Å². The van der Waals surface area contributed by atoms with Crippen molar-refractivity contribution in [1.82, 2.24) is 20.0 Å². The molecule has 1 unspecified atom stereocenters. The number of aliphatic carboxylic acids is 1. The smallest absolute Gasteiger partial charge is 0.322 e. The molecule has 2 rings (SSSR count). The number of aromatic nitrogens is 2. The van der Waals surface area contributed by atoms with Gasteiger partial charge in [-0.25, -0.2) is 0 Å². The highest BCUT2D eigenvalue weighted by atomic mass is 35.5. The summed E-state index contributed by atoms with van der Waals surface area (Å²) in [6.45, 7) is 4.81. The van der Waals surface area contributed by atoms with E-state index in [0.717, 1.165) is 5.69 Å². The highest BCUT2D eigenvalue weighted by molar-refractivity contribution is 6.31. The first-order chi connectivity index (χ1) is 9.43. The van der Waals surface area contributed by atoms with Gasteiger partial charge in [0.1, 0.15) is 6.04 Å². The summed E-state index contributed by atoms with van der Waals surface area (Å²) in [7, 11) is 0. The van der Waals surface area contributed by atoms with Gasteiger partial charge in [0.2, 0.25) is 5.91 Å². The highest BCUT2D eigenvalue weighted by Gasteiger charge is 2.33.